The Kier molecular flexibility index (Phi) is 5.06. The van der Waals surface area contributed by atoms with Crippen molar-refractivity contribution in [1.82, 2.24) is 19.8 Å². The van der Waals surface area contributed by atoms with Crippen LogP contribution in [0.4, 0.5) is 0 Å². The maximum atomic E-state index is 12.4. The van der Waals surface area contributed by atoms with Gasteiger partial charge in [-0.25, -0.2) is 13.1 Å². The predicted octanol–water partition coefficient (Wildman–Crippen LogP) is 1.19. The molecule has 0 saturated heterocycles. The van der Waals surface area contributed by atoms with E-state index in [9.17, 15) is 8.42 Å². The Morgan fingerprint density at radius 3 is 2.57 bits per heavy atom. The number of hydrogen-bond donors (Lipinski definition) is 2. The Hall–Kier alpha value is -0.920. The molecule has 1 aromatic heterocycles. The van der Waals surface area contributed by atoms with E-state index in [0.29, 0.717) is 35.4 Å². The van der Waals surface area contributed by atoms with Crippen molar-refractivity contribution in [3.8, 4) is 0 Å². The fourth-order valence-corrected chi connectivity index (χ4v) is 3.92. The predicted molar refractivity (Wildman–Crippen MR) is 82.8 cm³/mol. The van der Waals surface area contributed by atoms with Crippen LogP contribution in [-0.4, -0.2) is 37.3 Å². The standard InChI is InChI=1S/C14H26N4O2S/c1-10(2)9-16-21(19,20)14-11(3)17-18(12(14)4)8-7-15-13-5-6-13/h10,13,15-16H,5-9H2,1-4H3. The van der Waals surface area contributed by atoms with Crippen molar-refractivity contribution in [2.75, 3.05) is 13.1 Å². The molecule has 0 spiro atoms. The average molecular weight is 314 g/mol. The molecule has 0 unspecified atom stereocenters. The van der Waals surface area contributed by atoms with Crippen LogP contribution in [0, 0.1) is 19.8 Å². The molecule has 0 aliphatic heterocycles. The van der Waals surface area contributed by atoms with Crippen molar-refractivity contribution < 1.29 is 8.42 Å². The monoisotopic (exact) mass is 314 g/mol. The summed E-state index contributed by atoms with van der Waals surface area (Å²) in [5, 5.41) is 7.79. The average Bonchev–Trinajstić information content (AvgIpc) is 3.14. The molecular formula is C14H26N4O2S. The van der Waals surface area contributed by atoms with Crippen molar-refractivity contribution in [2.45, 2.75) is 58.0 Å². The lowest BCUT2D eigenvalue weighted by Gasteiger charge is -2.10. The number of nitrogens with one attached hydrogen (secondary N) is 2. The molecule has 1 saturated carbocycles. The van der Waals surface area contributed by atoms with Gasteiger partial charge in [0.05, 0.1) is 17.9 Å². The van der Waals surface area contributed by atoms with E-state index in [1.54, 1.807) is 11.6 Å². The van der Waals surface area contributed by atoms with Gasteiger partial charge in [-0.2, -0.15) is 5.10 Å². The van der Waals surface area contributed by atoms with Gasteiger partial charge in [0.1, 0.15) is 4.90 Å². The highest BCUT2D eigenvalue weighted by molar-refractivity contribution is 7.89. The quantitative estimate of drug-likeness (QED) is 0.755. The zero-order valence-corrected chi connectivity index (χ0v) is 14.1. The molecule has 1 aliphatic rings. The van der Waals surface area contributed by atoms with Crippen LogP contribution in [0.5, 0.6) is 0 Å². The van der Waals surface area contributed by atoms with Crippen LogP contribution in [0.25, 0.3) is 0 Å². The van der Waals surface area contributed by atoms with Crippen LogP contribution in [-0.2, 0) is 16.6 Å². The van der Waals surface area contributed by atoms with Crippen LogP contribution >= 0.6 is 0 Å². The fourth-order valence-electron chi connectivity index (χ4n) is 2.30. The van der Waals surface area contributed by atoms with E-state index >= 15 is 0 Å². The van der Waals surface area contributed by atoms with Crippen LogP contribution in [0.15, 0.2) is 4.90 Å². The van der Waals surface area contributed by atoms with Crippen molar-refractivity contribution in [3.05, 3.63) is 11.4 Å². The SMILES string of the molecule is Cc1nn(CCNC2CC2)c(C)c1S(=O)(=O)NCC(C)C. The zero-order chi connectivity index (χ0) is 15.6. The van der Waals surface area contributed by atoms with Gasteiger partial charge in [-0.05, 0) is 32.6 Å². The first-order chi connectivity index (χ1) is 9.81. The number of hydrogen-bond acceptors (Lipinski definition) is 4. The summed E-state index contributed by atoms with van der Waals surface area (Å²) in [5.41, 5.74) is 1.27. The number of sulfonamides is 1. The highest BCUT2D eigenvalue weighted by Crippen LogP contribution is 2.20. The van der Waals surface area contributed by atoms with E-state index < -0.39 is 10.0 Å². The Balaban J connectivity index is 2.09. The molecule has 1 fully saturated rings. The maximum Gasteiger partial charge on any atom is 0.244 e. The Labute approximate surface area is 127 Å². The van der Waals surface area contributed by atoms with Crippen molar-refractivity contribution in [1.29, 1.82) is 0 Å². The second-order valence-electron chi connectivity index (χ2n) is 6.20. The minimum atomic E-state index is -3.48. The van der Waals surface area contributed by atoms with E-state index in [-0.39, 0.29) is 5.92 Å². The highest BCUT2D eigenvalue weighted by atomic mass is 32.2. The van der Waals surface area contributed by atoms with Gasteiger partial charge in [0.2, 0.25) is 10.0 Å². The molecule has 0 amide bonds. The number of nitrogens with zero attached hydrogens (tertiary/aromatic N) is 2. The number of aryl methyl sites for hydroxylation is 1. The van der Waals surface area contributed by atoms with Gasteiger partial charge in [-0.1, -0.05) is 13.8 Å². The third-order valence-electron chi connectivity index (χ3n) is 3.60. The first-order valence-electron chi connectivity index (χ1n) is 7.58. The molecule has 0 aromatic carbocycles. The van der Waals surface area contributed by atoms with Crippen LogP contribution in [0.2, 0.25) is 0 Å². The lowest BCUT2D eigenvalue weighted by atomic mass is 10.2. The summed E-state index contributed by atoms with van der Waals surface area (Å²) in [4.78, 5) is 0.328. The highest BCUT2D eigenvalue weighted by Gasteiger charge is 2.25. The molecule has 0 bridgehead atoms. The van der Waals surface area contributed by atoms with Crippen molar-refractivity contribution in [2.24, 2.45) is 5.92 Å². The molecule has 7 heteroatoms. The van der Waals surface area contributed by atoms with E-state index in [2.05, 4.69) is 15.1 Å². The lowest BCUT2D eigenvalue weighted by Crippen LogP contribution is -2.28. The topological polar surface area (TPSA) is 76.0 Å². The fraction of sp³-hybridized carbons (Fsp3) is 0.786. The summed E-state index contributed by atoms with van der Waals surface area (Å²) in [5.74, 6) is 0.276. The lowest BCUT2D eigenvalue weighted by molar-refractivity contribution is 0.538. The van der Waals surface area contributed by atoms with E-state index in [1.807, 2.05) is 20.8 Å². The zero-order valence-electron chi connectivity index (χ0n) is 13.3. The number of aromatic nitrogens is 2. The summed E-state index contributed by atoms with van der Waals surface area (Å²) in [6.45, 7) is 9.50. The second kappa shape index (κ2) is 6.46. The van der Waals surface area contributed by atoms with Crippen molar-refractivity contribution in [3.63, 3.8) is 0 Å². The first-order valence-corrected chi connectivity index (χ1v) is 9.06. The van der Waals surface area contributed by atoms with Gasteiger partial charge < -0.3 is 5.32 Å². The van der Waals surface area contributed by atoms with Crippen LogP contribution < -0.4 is 10.0 Å². The van der Waals surface area contributed by atoms with Crippen molar-refractivity contribution >= 4 is 10.0 Å². The third-order valence-corrected chi connectivity index (χ3v) is 5.27. The van der Waals surface area contributed by atoms with Gasteiger partial charge in [0.15, 0.2) is 0 Å². The summed E-state index contributed by atoms with van der Waals surface area (Å²) in [6.07, 6.45) is 2.49. The summed E-state index contributed by atoms with van der Waals surface area (Å²) in [7, 11) is -3.48. The maximum absolute atomic E-state index is 12.4. The normalized spacial score (nSPS) is 15.9. The van der Waals surface area contributed by atoms with E-state index in [0.717, 1.165) is 6.54 Å². The Morgan fingerprint density at radius 2 is 2.00 bits per heavy atom. The molecular weight excluding hydrogens is 288 g/mol. The Bertz CT molecular complexity index is 588. The van der Waals surface area contributed by atoms with Gasteiger partial charge in [0.25, 0.3) is 0 Å². The summed E-state index contributed by atoms with van der Waals surface area (Å²) < 4.78 is 29.3. The van der Waals surface area contributed by atoms with Crippen LogP contribution in [0.1, 0.15) is 38.1 Å². The largest absolute Gasteiger partial charge is 0.312 e. The molecule has 2 rings (SSSR count). The van der Waals surface area contributed by atoms with Gasteiger partial charge in [-0.3, -0.25) is 4.68 Å². The minimum absolute atomic E-state index is 0.276. The molecule has 6 nitrogen and oxygen atoms in total. The van der Waals surface area contributed by atoms with Crippen LogP contribution in [0.3, 0.4) is 0 Å². The smallest absolute Gasteiger partial charge is 0.244 e. The molecule has 2 N–H and O–H groups in total. The molecule has 1 aliphatic carbocycles. The van der Waals surface area contributed by atoms with E-state index in [4.69, 9.17) is 0 Å². The Morgan fingerprint density at radius 1 is 1.33 bits per heavy atom. The molecule has 120 valence electrons. The molecule has 1 aromatic rings. The minimum Gasteiger partial charge on any atom is -0.312 e. The summed E-state index contributed by atoms with van der Waals surface area (Å²) >= 11 is 0. The molecule has 21 heavy (non-hydrogen) atoms. The van der Waals surface area contributed by atoms with Gasteiger partial charge in [-0.15, -0.1) is 0 Å². The molecule has 0 radical (unpaired) electrons. The summed E-state index contributed by atoms with van der Waals surface area (Å²) in [6, 6.07) is 0.651. The first kappa shape index (κ1) is 16.5. The number of rotatable bonds is 8. The molecule has 1 heterocycles. The second-order valence-corrected chi connectivity index (χ2v) is 7.90. The van der Waals surface area contributed by atoms with Gasteiger partial charge in [0, 0.05) is 19.1 Å². The van der Waals surface area contributed by atoms with E-state index in [1.165, 1.54) is 12.8 Å². The van der Waals surface area contributed by atoms with Gasteiger partial charge >= 0.3 is 0 Å². The third kappa shape index (κ3) is 4.28. The molecule has 0 atom stereocenters.